The Kier molecular flexibility index (Phi) is 5.70. The van der Waals surface area contributed by atoms with Crippen LogP contribution in [0.1, 0.15) is 5.56 Å². The number of hydrogen-bond donors (Lipinski definition) is 1. The molecule has 0 amide bonds. The largest absolute Gasteiger partial charge is 0.488 e. The average molecular weight is 409 g/mol. The molecule has 0 fully saturated rings. The maximum atomic E-state index is 10.5. The van der Waals surface area contributed by atoms with E-state index >= 15 is 0 Å². The number of aliphatic carboxylic acids is 1. The van der Waals surface area contributed by atoms with Gasteiger partial charge in [-0.05, 0) is 40.8 Å². The van der Waals surface area contributed by atoms with Crippen LogP contribution in [0.15, 0.2) is 35.3 Å². The first kappa shape index (κ1) is 14.2. The third-order valence-corrected chi connectivity index (χ3v) is 3.05. The smallest absolute Gasteiger partial charge is 0.328 e. The van der Waals surface area contributed by atoms with Gasteiger partial charge in [-0.15, -0.1) is 0 Å². The fraction of sp³-hybridized carbons (Fsp3) is 0.0833. The zero-order valence-electron chi connectivity index (χ0n) is 8.82. The van der Waals surface area contributed by atoms with E-state index in [1.165, 1.54) is 6.08 Å². The number of benzene rings is 1. The number of carbonyl (C=O) groups is 1. The maximum absolute atomic E-state index is 10.5. The summed E-state index contributed by atoms with van der Waals surface area (Å²) in [4.78, 5) is 10.5. The lowest BCUT2D eigenvalue weighted by atomic mass is 10.2. The van der Waals surface area contributed by atoms with Gasteiger partial charge in [-0.3, -0.25) is 0 Å². The van der Waals surface area contributed by atoms with Crippen molar-refractivity contribution in [3.05, 3.63) is 44.5 Å². The van der Waals surface area contributed by atoms with Crippen LogP contribution in [0.5, 0.6) is 5.75 Å². The summed E-state index contributed by atoms with van der Waals surface area (Å²) in [5.74, 6) is -0.333. The van der Waals surface area contributed by atoms with Gasteiger partial charge in [0.05, 0.1) is 3.57 Å². The van der Waals surface area contributed by atoms with Crippen LogP contribution in [-0.4, -0.2) is 17.7 Å². The molecule has 0 aliphatic heterocycles. The second-order valence-electron chi connectivity index (χ2n) is 3.08. The van der Waals surface area contributed by atoms with E-state index in [1.54, 1.807) is 12.1 Å². The van der Waals surface area contributed by atoms with E-state index in [0.29, 0.717) is 17.9 Å². The number of carboxylic acid groups (broad SMARTS) is 1. The molecule has 0 bridgehead atoms. The van der Waals surface area contributed by atoms with Crippen molar-refractivity contribution in [1.82, 2.24) is 0 Å². The monoisotopic (exact) mass is 408 g/mol. The Hall–Kier alpha value is -0.820. The highest BCUT2D eigenvalue weighted by Crippen LogP contribution is 2.30. The van der Waals surface area contributed by atoms with E-state index < -0.39 is 5.97 Å². The highest BCUT2D eigenvalue weighted by Gasteiger charge is 2.08. The quantitative estimate of drug-likeness (QED) is 0.459. The average Bonchev–Trinajstić information content (AvgIpc) is 2.24. The second kappa shape index (κ2) is 6.80. The van der Waals surface area contributed by atoms with Gasteiger partial charge in [-0.1, -0.05) is 28.6 Å². The van der Waals surface area contributed by atoms with Crippen LogP contribution < -0.4 is 4.74 Å². The van der Waals surface area contributed by atoms with E-state index in [9.17, 15) is 4.79 Å². The fourth-order valence-electron chi connectivity index (χ4n) is 1.16. The van der Waals surface area contributed by atoms with Crippen molar-refractivity contribution < 1.29 is 14.6 Å². The summed E-state index contributed by atoms with van der Waals surface area (Å²) < 4.78 is 7.29. The molecule has 1 aromatic rings. The van der Waals surface area contributed by atoms with E-state index in [0.717, 1.165) is 14.1 Å². The number of ether oxygens (including phenoxy) is 1. The maximum Gasteiger partial charge on any atom is 0.328 e. The molecule has 0 saturated carbocycles. The van der Waals surface area contributed by atoms with E-state index in [4.69, 9.17) is 9.84 Å². The molecule has 0 atom stereocenters. The predicted octanol–water partition coefficient (Wildman–Crippen LogP) is 3.72. The van der Waals surface area contributed by atoms with Crippen molar-refractivity contribution in [3.63, 3.8) is 0 Å². The van der Waals surface area contributed by atoms with Crippen molar-refractivity contribution in [1.29, 1.82) is 0 Å². The number of rotatable bonds is 5. The van der Waals surface area contributed by atoms with Crippen LogP contribution in [0.2, 0.25) is 0 Å². The Morgan fingerprint density at radius 1 is 1.59 bits per heavy atom. The summed E-state index contributed by atoms with van der Waals surface area (Å²) in [6.45, 7) is 3.96. The van der Waals surface area contributed by atoms with Gasteiger partial charge in [0.25, 0.3) is 0 Å². The molecule has 0 heterocycles. The standard InChI is InChI=1S/C12H10BrIO3/c1-2-5-17-12-8(3-4-11(15)16)6-9(13)7-10(12)14/h2-4,6-7H,1,5H2,(H,15,16)/b4-3+. The van der Waals surface area contributed by atoms with E-state index in [1.807, 2.05) is 6.07 Å². The molecule has 0 aliphatic carbocycles. The van der Waals surface area contributed by atoms with Crippen molar-refractivity contribution in [2.45, 2.75) is 0 Å². The molecular formula is C12H10BrIO3. The first-order valence-corrected chi connectivity index (χ1v) is 6.55. The van der Waals surface area contributed by atoms with E-state index in [-0.39, 0.29) is 0 Å². The third-order valence-electron chi connectivity index (χ3n) is 1.79. The summed E-state index contributed by atoms with van der Waals surface area (Å²) in [6, 6.07) is 3.71. The molecule has 1 rings (SSSR count). The Morgan fingerprint density at radius 3 is 2.88 bits per heavy atom. The normalized spacial score (nSPS) is 10.5. The van der Waals surface area contributed by atoms with Crippen LogP contribution in [0.3, 0.4) is 0 Å². The molecule has 90 valence electrons. The Labute approximate surface area is 121 Å². The van der Waals surface area contributed by atoms with Crippen molar-refractivity contribution in [2.24, 2.45) is 0 Å². The second-order valence-corrected chi connectivity index (χ2v) is 5.16. The highest BCUT2D eigenvalue weighted by atomic mass is 127. The summed E-state index contributed by atoms with van der Waals surface area (Å²) >= 11 is 5.50. The van der Waals surface area contributed by atoms with Crippen LogP contribution in [0.4, 0.5) is 0 Å². The van der Waals surface area contributed by atoms with Crippen molar-refractivity contribution in [3.8, 4) is 5.75 Å². The molecule has 0 aliphatic rings. The molecule has 0 spiro atoms. The molecule has 1 aromatic carbocycles. The predicted molar refractivity (Wildman–Crippen MR) is 79.2 cm³/mol. The number of hydrogen-bond acceptors (Lipinski definition) is 2. The van der Waals surface area contributed by atoms with Crippen molar-refractivity contribution in [2.75, 3.05) is 6.61 Å². The molecule has 17 heavy (non-hydrogen) atoms. The van der Waals surface area contributed by atoms with Gasteiger partial charge in [0.2, 0.25) is 0 Å². The molecule has 1 N–H and O–H groups in total. The lowest BCUT2D eigenvalue weighted by Gasteiger charge is -2.10. The molecule has 0 unspecified atom stereocenters. The minimum atomic E-state index is -0.991. The number of carboxylic acids is 1. The minimum Gasteiger partial charge on any atom is -0.488 e. The summed E-state index contributed by atoms with van der Waals surface area (Å²) in [7, 11) is 0. The lowest BCUT2D eigenvalue weighted by molar-refractivity contribution is -0.131. The van der Waals surface area contributed by atoms with Gasteiger partial charge in [0.15, 0.2) is 0 Å². The van der Waals surface area contributed by atoms with Crippen molar-refractivity contribution >= 4 is 50.6 Å². The molecule has 0 radical (unpaired) electrons. The third kappa shape index (κ3) is 4.51. The summed E-state index contributed by atoms with van der Waals surface area (Å²) in [5, 5.41) is 8.62. The highest BCUT2D eigenvalue weighted by molar-refractivity contribution is 14.1. The Bertz CT molecular complexity index is 469. The summed E-state index contributed by atoms with van der Waals surface area (Å²) in [5.41, 5.74) is 0.716. The zero-order chi connectivity index (χ0) is 12.8. The SMILES string of the molecule is C=CCOc1c(I)cc(Br)cc1/C=C/C(=O)O. The Morgan fingerprint density at radius 2 is 2.29 bits per heavy atom. The first-order chi connectivity index (χ1) is 8.04. The fourth-order valence-corrected chi connectivity index (χ4v) is 2.87. The molecular weight excluding hydrogens is 399 g/mol. The van der Waals surface area contributed by atoms with Gasteiger partial charge < -0.3 is 9.84 Å². The number of halogens is 2. The van der Waals surface area contributed by atoms with Crippen LogP contribution >= 0.6 is 38.5 Å². The van der Waals surface area contributed by atoms with Gasteiger partial charge in [0.1, 0.15) is 12.4 Å². The zero-order valence-corrected chi connectivity index (χ0v) is 12.6. The topological polar surface area (TPSA) is 46.5 Å². The van der Waals surface area contributed by atoms with Crippen LogP contribution in [0.25, 0.3) is 6.08 Å². The molecule has 0 aromatic heterocycles. The summed E-state index contributed by atoms with van der Waals surface area (Å²) in [6.07, 6.45) is 4.23. The lowest BCUT2D eigenvalue weighted by Crippen LogP contribution is -1.98. The van der Waals surface area contributed by atoms with Gasteiger partial charge >= 0.3 is 5.97 Å². The van der Waals surface area contributed by atoms with Crippen LogP contribution in [0, 0.1) is 3.57 Å². The first-order valence-electron chi connectivity index (χ1n) is 4.68. The molecule has 3 nitrogen and oxygen atoms in total. The van der Waals surface area contributed by atoms with Gasteiger partial charge in [-0.2, -0.15) is 0 Å². The van der Waals surface area contributed by atoms with E-state index in [2.05, 4.69) is 45.1 Å². The molecule has 0 saturated heterocycles. The minimum absolute atomic E-state index is 0.381. The Balaban J connectivity index is 3.14. The van der Waals surface area contributed by atoms with Crippen LogP contribution in [-0.2, 0) is 4.79 Å². The van der Waals surface area contributed by atoms with Gasteiger partial charge in [-0.25, -0.2) is 4.79 Å². The molecule has 5 heteroatoms. The van der Waals surface area contributed by atoms with Gasteiger partial charge in [0, 0.05) is 16.1 Å².